The Labute approximate surface area is 118 Å². The van der Waals surface area contributed by atoms with Crippen molar-refractivity contribution in [2.75, 3.05) is 45.7 Å². The van der Waals surface area contributed by atoms with Gasteiger partial charge in [-0.05, 0) is 19.2 Å². The van der Waals surface area contributed by atoms with Gasteiger partial charge in [0.2, 0.25) is 0 Å². The molecule has 2 rings (SSSR count). The van der Waals surface area contributed by atoms with Crippen molar-refractivity contribution in [1.82, 2.24) is 9.80 Å². The van der Waals surface area contributed by atoms with Crippen LogP contribution in [-0.2, 0) is 0 Å². The van der Waals surface area contributed by atoms with Gasteiger partial charge in [-0.1, -0.05) is 11.6 Å². The zero-order valence-electron chi connectivity index (χ0n) is 11.1. The Bertz CT molecular complexity index is 459. The van der Waals surface area contributed by atoms with E-state index in [0.717, 1.165) is 26.2 Å². The number of carbonyl (C=O) groups is 1. The highest BCUT2D eigenvalue weighted by Gasteiger charge is 2.19. The van der Waals surface area contributed by atoms with Crippen LogP contribution in [0.4, 0.5) is 10.5 Å². The maximum atomic E-state index is 12.1. The topological polar surface area (TPSA) is 44.8 Å². The van der Waals surface area contributed by atoms with Gasteiger partial charge in [-0.15, -0.1) is 0 Å². The fourth-order valence-electron chi connectivity index (χ4n) is 1.95. The van der Waals surface area contributed by atoms with Crippen LogP contribution in [0, 0.1) is 0 Å². The molecule has 0 radical (unpaired) electrons. The second-order valence-corrected chi connectivity index (χ2v) is 4.98. The lowest BCUT2D eigenvalue weighted by Crippen LogP contribution is -2.48. The molecule has 0 spiro atoms. The maximum Gasteiger partial charge on any atom is 0.321 e. The average Bonchev–Trinajstić information content (AvgIpc) is 2.41. The Kier molecular flexibility index (Phi) is 4.50. The molecular weight excluding hydrogens is 266 g/mol. The molecule has 0 bridgehead atoms. The van der Waals surface area contributed by atoms with Gasteiger partial charge in [0.15, 0.2) is 0 Å². The van der Waals surface area contributed by atoms with Gasteiger partial charge < -0.3 is 19.9 Å². The number of methoxy groups -OCH3 is 1. The minimum absolute atomic E-state index is 0.0857. The Morgan fingerprint density at radius 3 is 2.63 bits per heavy atom. The van der Waals surface area contributed by atoms with Crippen LogP contribution in [0.15, 0.2) is 18.2 Å². The molecule has 0 saturated carbocycles. The second kappa shape index (κ2) is 6.12. The first-order chi connectivity index (χ1) is 9.10. The summed E-state index contributed by atoms with van der Waals surface area (Å²) < 4.78 is 5.12. The molecule has 1 aromatic carbocycles. The van der Waals surface area contributed by atoms with E-state index in [9.17, 15) is 4.79 Å². The number of hydrogen-bond donors (Lipinski definition) is 1. The van der Waals surface area contributed by atoms with Crippen LogP contribution >= 0.6 is 11.6 Å². The minimum Gasteiger partial charge on any atom is -0.495 e. The highest BCUT2D eigenvalue weighted by molar-refractivity contribution is 6.32. The molecule has 19 heavy (non-hydrogen) atoms. The minimum atomic E-state index is -0.0857. The molecule has 1 aliphatic rings. The lowest BCUT2D eigenvalue weighted by Gasteiger charge is -2.32. The van der Waals surface area contributed by atoms with Crippen LogP contribution in [0.2, 0.25) is 5.02 Å². The first kappa shape index (κ1) is 14.0. The van der Waals surface area contributed by atoms with Gasteiger partial charge in [0.1, 0.15) is 5.75 Å². The number of nitrogens with one attached hydrogen (secondary N) is 1. The van der Waals surface area contributed by atoms with Crippen molar-refractivity contribution in [1.29, 1.82) is 0 Å². The Balaban J connectivity index is 1.98. The summed E-state index contributed by atoms with van der Waals surface area (Å²) >= 11 is 5.94. The number of rotatable bonds is 2. The summed E-state index contributed by atoms with van der Waals surface area (Å²) in [6.45, 7) is 3.29. The number of hydrogen-bond acceptors (Lipinski definition) is 3. The van der Waals surface area contributed by atoms with Crippen LogP contribution in [0.25, 0.3) is 0 Å². The number of ether oxygens (including phenoxy) is 1. The van der Waals surface area contributed by atoms with Gasteiger partial charge in [0.05, 0.1) is 12.1 Å². The summed E-state index contributed by atoms with van der Waals surface area (Å²) in [5.74, 6) is 0.554. The number of likely N-dealkylation sites (N-methyl/N-ethyl adjacent to an activating group) is 1. The molecule has 1 N–H and O–H groups in total. The molecule has 1 heterocycles. The largest absolute Gasteiger partial charge is 0.495 e. The standard InChI is InChI=1S/C13H18ClN3O2/c1-16-5-7-17(8-6-16)13(18)15-10-3-4-11(14)12(9-10)19-2/h3-4,9H,5-8H2,1-2H3,(H,15,18). The Hall–Kier alpha value is -1.46. The van der Waals surface area contributed by atoms with Crippen LogP contribution in [0.3, 0.4) is 0 Å². The summed E-state index contributed by atoms with van der Waals surface area (Å²) in [5, 5.41) is 3.39. The van der Waals surface area contributed by atoms with Gasteiger partial charge >= 0.3 is 6.03 Å². The van der Waals surface area contributed by atoms with E-state index in [0.29, 0.717) is 16.5 Å². The van der Waals surface area contributed by atoms with E-state index >= 15 is 0 Å². The van der Waals surface area contributed by atoms with Crippen molar-refractivity contribution in [2.45, 2.75) is 0 Å². The predicted octanol–water partition coefficient (Wildman–Crippen LogP) is 2.13. The first-order valence-corrected chi connectivity index (χ1v) is 6.56. The van der Waals surface area contributed by atoms with E-state index in [-0.39, 0.29) is 6.03 Å². The van der Waals surface area contributed by atoms with Gasteiger partial charge in [-0.3, -0.25) is 0 Å². The molecule has 1 fully saturated rings. The molecule has 2 amide bonds. The van der Waals surface area contributed by atoms with Crippen molar-refractivity contribution < 1.29 is 9.53 Å². The van der Waals surface area contributed by atoms with Crippen molar-refractivity contribution in [2.24, 2.45) is 0 Å². The van der Waals surface area contributed by atoms with E-state index < -0.39 is 0 Å². The van der Waals surface area contributed by atoms with E-state index in [1.54, 1.807) is 30.2 Å². The highest BCUT2D eigenvalue weighted by atomic mass is 35.5. The SMILES string of the molecule is COc1cc(NC(=O)N2CCN(C)CC2)ccc1Cl. The lowest BCUT2D eigenvalue weighted by atomic mass is 10.3. The second-order valence-electron chi connectivity index (χ2n) is 4.57. The van der Waals surface area contributed by atoms with E-state index in [1.165, 1.54) is 0 Å². The van der Waals surface area contributed by atoms with Gasteiger partial charge in [-0.25, -0.2) is 4.79 Å². The van der Waals surface area contributed by atoms with Crippen molar-refractivity contribution >= 4 is 23.3 Å². The van der Waals surface area contributed by atoms with E-state index in [2.05, 4.69) is 17.3 Å². The normalized spacial score (nSPS) is 16.3. The number of piperazine rings is 1. The number of nitrogens with zero attached hydrogens (tertiary/aromatic N) is 2. The molecule has 0 aromatic heterocycles. The van der Waals surface area contributed by atoms with Crippen LogP contribution in [0.1, 0.15) is 0 Å². The third-order valence-corrected chi connectivity index (χ3v) is 3.51. The summed E-state index contributed by atoms with van der Waals surface area (Å²) in [4.78, 5) is 16.1. The molecular formula is C13H18ClN3O2. The quantitative estimate of drug-likeness (QED) is 0.904. The number of anilines is 1. The molecule has 0 unspecified atom stereocenters. The number of amides is 2. The van der Waals surface area contributed by atoms with E-state index in [1.807, 2.05) is 0 Å². The summed E-state index contributed by atoms with van der Waals surface area (Å²) in [6.07, 6.45) is 0. The molecule has 5 nitrogen and oxygen atoms in total. The Morgan fingerprint density at radius 2 is 2.00 bits per heavy atom. The van der Waals surface area contributed by atoms with E-state index in [4.69, 9.17) is 16.3 Å². The third-order valence-electron chi connectivity index (χ3n) is 3.19. The maximum absolute atomic E-state index is 12.1. The fraction of sp³-hybridized carbons (Fsp3) is 0.462. The van der Waals surface area contributed by atoms with Gasteiger partial charge in [-0.2, -0.15) is 0 Å². The molecule has 1 aromatic rings. The smallest absolute Gasteiger partial charge is 0.321 e. The molecule has 6 heteroatoms. The summed E-state index contributed by atoms with van der Waals surface area (Å²) in [7, 11) is 3.60. The molecule has 104 valence electrons. The number of urea groups is 1. The van der Waals surface area contributed by atoms with Gasteiger partial charge in [0.25, 0.3) is 0 Å². The third kappa shape index (κ3) is 3.52. The zero-order chi connectivity index (χ0) is 13.8. The van der Waals surface area contributed by atoms with Crippen LogP contribution in [-0.4, -0.2) is 56.2 Å². The highest BCUT2D eigenvalue weighted by Crippen LogP contribution is 2.27. The average molecular weight is 284 g/mol. The van der Waals surface area contributed by atoms with Crippen molar-refractivity contribution in [3.63, 3.8) is 0 Å². The summed E-state index contributed by atoms with van der Waals surface area (Å²) in [5.41, 5.74) is 0.685. The summed E-state index contributed by atoms with van der Waals surface area (Å²) in [6, 6.07) is 5.10. The predicted molar refractivity (Wildman–Crippen MR) is 76.1 cm³/mol. The van der Waals surface area contributed by atoms with Crippen molar-refractivity contribution in [3.8, 4) is 5.75 Å². The lowest BCUT2D eigenvalue weighted by molar-refractivity contribution is 0.164. The molecule has 1 aliphatic heterocycles. The van der Waals surface area contributed by atoms with Gasteiger partial charge in [0, 0.05) is 37.9 Å². The fourth-order valence-corrected chi connectivity index (χ4v) is 2.14. The molecule has 1 saturated heterocycles. The number of carbonyl (C=O) groups excluding carboxylic acids is 1. The van der Waals surface area contributed by atoms with Crippen LogP contribution in [0.5, 0.6) is 5.75 Å². The van der Waals surface area contributed by atoms with Crippen LogP contribution < -0.4 is 10.1 Å². The number of benzene rings is 1. The Morgan fingerprint density at radius 1 is 1.32 bits per heavy atom. The zero-order valence-corrected chi connectivity index (χ0v) is 11.9. The monoisotopic (exact) mass is 283 g/mol. The molecule has 0 atom stereocenters. The molecule has 0 aliphatic carbocycles. The number of halogens is 1. The van der Waals surface area contributed by atoms with Crippen molar-refractivity contribution in [3.05, 3.63) is 23.2 Å². The first-order valence-electron chi connectivity index (χ1n) is 6.18.